The third kappa shape index (κ3) is 7.99. The average molecular weight is 623 g/mol. The van der Waals surface area contributed by atoms with Gasteiger partial charge in [-0.05, 0) is 106 Å². The number of ether oxygens (including phenoxy) is 1. The van der Waals surface area contributed by atoms with Crippen LogP contribution in [0.3, 0.4) is 0 Å². The molecule has 6 nitrogen and oxygen atoms in total. The third-order valence-corrected chi connectivity index (χ3v) is 11.9. The standard InChI is InChI=1S/C39H58O6/c1-4-5-6-7-8-9-10-11-12-13-14-15-16-17-18-19-35(43)45-28-34(42)39(44)25-23-32-31-21-20-29-26-30(40)22-24-37(29,2)36(31)33(41)27-38(32,39)3/h5-6,8-9,11-12,26,31-33,36,41,44H,4,7,10,13-25,27-28H2,1-3H3/b6-5-,9-8-,12-11-/t31-,32-,33-,36+,37-,38-,39-/m0/s1. The highest BCUT2D eigenvalue weighted by molar-refractivity contribution is 5.92. The summed E-state index contributed by atoms with van der Waals surface area (Å²) < 4.78 is 5.39. The van der Waals surface area contributed by atoms with Crippen molar-refractivity contribution in [1.82, 2.24) is 0 Å². The van der Waals surface area contributed by atoms with E-state index in [-0.39, 0.29) is 41.3 Å². The Hall–Kier alpha value is -2.31. The van der Waals surface area contributed by atoms with Crippen LogP contribution in [-0.2, 0) is 19.1 Å². The van der Waals surface area contributed by atoms with E-state index in [9.17, 15) is 24.6 Å². The molecule has 0 unspecified atom stereocenters. The van der Waals surface area contributed by atoms with Crippen LogP contribution in [0, 0.1) is 28.6 Å². The fraction of sp³-hybridized carbons (Fsp3) is 0.718. The number of unbranched alkanes of at least 4 members (excludes halogenated alkanes) is 5. The number of carbonyl (C=O) groups is 3. The summed E-state index contributed by atoms with van der Waals surface area (Å²) in [5, 5.41) is 23.4. The summed E-state index contributed by atoms with van der Waals surface area (Å²) >= 11 is 0. The van der Waals surface area contributed by atoms with Crippen LogP contribution >= 0.6 is 0 Å². The van der Waals surface area contributed by atoms with Crippen LogP contribution in [0.2, 0.25) is 0 Å². The Morgan fingerprint density at radius 3 is 2.38 bits per heavy atom. The first kappa shape index (κ1) is 35.5. The van der Waals surface area contributed by atoms with Gasteiger partial charge in [0, 0.05) is 18.3 Å². The molecule has 0 bridgehead atoms. The van der Waals surface area contributed by atoms with Crippen molar-refractivity contribution in [1.29, 1.82) is 0 Å². The fourth-order valence-electron chi connectivity index (χ4n) is 9.38. The maximum atomic E-state index is 13.5. The van der Waals surface area contributed by atoms with Gasteiger partial charge in [0.2, 0.25) is 5.78 Å². The van der Waals surface area contributed by atoms with Gasteiger partial charge in [-0.15, -0.1) is 0 Å². The van der Waals surface area contributed by atoms with E-state index >= 15 is 0 Å². The number of hydrogen-bond donors (Lipinski definition) is 2. The largest absolute Gasteiger partial charge is 0.458 e. The van der Waals surface area contributed by atoms with Gasteiger partial charge in [-0.25, -0.2) is 0 Å². The highest BCUT2D eigenvalue weighted by atomic mass is 16.5. The zero-order chi connectivity index (χ0) is 32.5. The minimum atomic E-state index is -1.61. The zero-order valence-corrected chi connectivity index (χ0v) is 28.1. The predicted molar refractivity (Wildman–Crippen MR) is 178 cm³/mol. The lowest BCUT2D eigenvalue weighted by Gasteiger charge is -2.60. The molecule has 0 aromatic carbocycles. The van der Waals surface area contributed by atoms with Gasteiger partial charge < -0.3 is 14.9 Å². The van der Waals surface area contributed by atoms with Gasteiger partial charge in [0.1, 0.15) is 5.60 Å². The van der Waals surface area contributed by atoms with Crippen molar-refractivity contribution < 1.29 is 29.3 Å². The van der Waals surface area contributed by atoms with Gasteiger partial charge in [0.25, 0.3) is 0 Å². The van der Waals surface area contributed by atoms with Gasteiger partial charge in [0.15, 0.2) is 12.4 Å². The van der Waals surface area contributed by atoms with Gasteiger partial charge >= 0.3 is 5.97 Å². The highest BCUT2D eigenvalue weighted by Crippen LogP contribution is 2.67. The van der Waals surface area contributed by atoms with E-state index in [2.05, 4.69) is 50.3 Å². The maximum absolute atomic E-state index is 13.5. The van der Waals surface area contributed by atoms with Crippen LogP contribution in [0.5, 0.6) is 0 Å². The van der Waals surface area contributed by atoms with Crippen molar-refractivity contribution >= 4 is 17.5 Å². The molecular formula is C39H58O6. The van der Waals surface area contributed by atoms with Gasteiger partial charge in [0.05, 0.1) is 6.10 Å². The monoisotopic (exact) mass is 622 g/mol. The molecule has 0 spiro atoms. The molecule has 250 valence electrons. The number of allylic oxidation sites excluding steroid dienone is 7. The Labute approximate surface area is 271 Å². The highest BCUT2D eigenvalue weighted by Gasteiger charge is 2.68. The number of carbonyl (C=O) groups excluding carboxylic acids is 3. The summed E-state index contributed by atoms with van der Waals surface area (Å²) in [6.45, 7) is 5.89. The lowest BCUT2D eigenvalue weighted by atomic mass is 9.45. The van der Waals surface area contributed by atoms with Crippen LogP contribution in [0.15, 0.2) is 48.1 Å². The fourth-order valence-corrected chi connectivity index (χ4v) is 9.38. The van der Waals surface area contributed by atoms with Gasteiger partial charge in [-0.2, -0.15) is 0 Å². The molecule has 4 aliphatic rings. The van der Waals surface area contributed by atoms with Crippen LogP contribution in [0.4, 0.5) is 0 Å². The van der Waals surface area contributed by atoms with E-state index in [1.54, 1.807) is 0 Å². The number of hydrogen-bond acceptors (Lipinski definition) is 6. The molecule has 0 heterocycles. The first-order valence-corrected chi connectivity index (χ1v) is 17.8. The number of fused-ring (bicyclic) bond motifs is 5. The first-order chi connectivity index (χ1) is 21.6. The second-order valence-electron chi connectivity index (χ2n) is 14.7. The van der Waals surface area contributed by atoms with Gasteiger partial charge in [-0.3, -0.25) is 14.4 Å². The van der Waals surface area contributed by atoms with Gasteiger partial charge in [-0.1, -0.05) is 82.1 Å². The Bertz CT molecular complexity index is 1160. The van der Waals surface area contributed by atoms with Crippen LogP contribution in [0.25, 0.3) is 0 Å². The van der Waals surface area contributed by atoms with Crippen LogP contribution in [-0.4, -0.2) is 46.1 Å². The van der Waals surface area contributed by atoms with Crippen molar-refractivity contribution in [2.45, 2.75) is 142 Å². The molecule has 0 saturated heterocycles. The number of ketones is 2. The molecule has 3 saturated carbocycles. The topological polar surface area (TPSA) is 101 Å². The summed E-state index contributed by atoms with van der Waals surface area (Å²) in [6.07, 6.45) is 28.2. The predicted octanol–water partition coefficient (Wildman–Crippen LogP) is 7.92. The molecule has 0 aromatic rings. The summed E-state index contributed by atoms with van der Waals surface area (Å²) in [6, 6.07) is 0. The average Bonchev–Trinajstić information content (AvgIpc) is 3.28. The van der Waals surface area contributed by atoms with Crippen molar-refractivity contribution in [2.24, 2.45) is 28.6 Å². The van der Waals surface area contributed by atoms with E-state index in [0.29, 0.717) is 19.3 Å². The molecule has 7 atom stereocenters. The lowest BCUT2D eigenvalue weighted by molar-refractivity contribution is -0.184. The minimum Gasteiger partial charge on any atom is -0.458 e. The summed E-state index contributed by atoms with van der Waals surface area (Å²) in [5.41, 5.74) is -1.42. The van der Waals surface area contributed by atoms with E-state index < -0.39 is 29.5 Å². The number of aliphatic hydroxyl groups is 2. The molecule has 4 aliphatic carbocycles. The van der Waals surface area contributed by atoms with E-state index in [4.69, 9.17) is 4.74 Å². The quantitative estimate of drug-likeness (QED) is 0.103. The molecule has 2 N–H and O–H groups in total. The first-order valence-electron chi connectivity index (χ1n) is 17.8. The minimum absolute atomic E-state index is 0.0285. The molecule has 0 amide bonds. The smallest absolute Gasteiger partial charge is 0.306 e. The second kappa shape index (κ2) is 16.0. The van der Waals surface area contributed by atoms with Crippen molar-refractivity contribution in [3.8, 4) is 0 Å². The zero-order valence-electron chi connectivity index (χ0n) is 28.1. The molecule has 4 rings (SSSR count). The van der Waals surface area contributed by atoms with Crippen LogP contribution < -0.4 is 0 Å². The van der Waals surface area contributed by atoms with E-state index in [0.717, 1.165) is 83.5 Å². The molecule has 0 aliphatic heterocycles. The second-order valence-corrected chi connectivity index (χ2v) is 14.7. The van der Waals surface area contributed by atoms with E-state index in [1.807, 2.05) is 13.0 Å². The van der Waals surface area contributed by atoms with Crippen LogP contribution in [0.1, 0.15) is 130 Å². The molecule has 0 aromatic heterocycles. The third-order valence-electron chi connectivity index (χ3n) is 11.9. The lowest BCUT2D eigenvalue weighted by Crippen LogP contribution is -2.62. The Balaban J connectivity index is 1.16. The molecule has 6 heteroatoms. The molecule has 45 heavy (non-hydrogen) atoms. The normalized spacial score (nSPS) is 34.6. The maximum Gasteiger partial charge on any atom is 0.306 e. The summed E-state index contributed by atoms with van der Waals surface area (Å²) in [7, 11) is 0. The number of esters is 1. The molecule has 3 fully saturated rings. The van der Waals surface area contributed by atoms with Crippen molar-refractivity contribution in [2.75, 3.05) is 6.61 Å². The molecule has 0 radical (unpaired) electrons. The molecular weight excluding hydrogens is 564 g/mol. The summed E-state index contributed by atoms with van der Waals surface area (Å²) in [5.74, 6) is -0.315. The SMILES string of the molecule is CC/C=C\C/C=C\C/C=C\CCCCCCCC(=O)OCC(=O)[C@@]1(O)CC[C@H]2[C@@H]3CCC4=CC(=O)CC[C@]4(C)[C@H]3[C@@H](O)C[C@@]21C. The van der Waals surface area contributed by atoms with E-state index in [1.165, 1.54) is 5.57 Å². The summed E-state index contributed by atoms with van der Waals surface area (Å²) in [4.78, 5) is 38.1. The number of Topliss-reactive ketones (excluding diaryl/α,β-unsaturated/α-hetero) is 1. The number of rotatable bonds is 16. The van der Waals surface area contributed by atoms with Crippen molar-refractivity contribution in [3.63, 3.8) is 0 Å². The van der Waals surface area contributed by atoms with Crippen molar-refractivity contribution in [3.05, 3.63) is 48.1 Å². The number of aliphatic hydroxyl groups excluding tert-OH is 1. The Morgan fingerprint density at radius 1 is 0.933 bits per heavy atom. The Morgan fingerprint density at radius 2 is 1.62 bits per heavy atom. The Kier molecular flexibility index (Phi) is 12.6.